The highest BCUT2D eigenvalue weighted by atomic mass is 32.2. The fourth-order valence-electron chi connectivity index (χ4n) is 2.73. The number of guanidine groups is 1. The van der Waals surface area contributed by atoms with Gasteiger partial charge in [0.25, 0.3) is 0 Å². The molecule has 6 heteroatoms. The van der Waals surface area contributed by atoms with E-state index in [1.807, 2.05) is 25.7 Å². The third kappa shape index (κ3) is 7.57. The van der Waals surface area contributed by atoms with Gasteiger partial charge in [-0.25, -0.2) is 0 Å². The molecule has 1 saturated heterocycles. The lowest BCUT2D eigenvalue weighted by Gasteiger charge is -2.28. The average molecular weight is 365 g/mol. The van der Waals surface area contributed by atoms with E-state index in [0.717, 1.165) is 58.2 Å². The highest BCUT2D eigenvalue weighted by Gasteiger charge is 2.10. The average Bonchev–Trinajstić information content (AvgIpc) is 2.68. The summed E-state index contributed by atoms with van der Waals surface area (Å²) in [7, 11) is 1.81. The van der Waals surface area contributed by atoms with Crippen molar-refractivity contribution in [2.24, 2.45) is 4.99 Å². The molecular formula is C19H32N4OS. The van der Waals surface area contributed by atoms with Gasteiger partial charge in [0, 0.05) is 63.6 Å². The van der Waals surface area contributed by atoms with Crippen molar-refractivity contribution in [2.75, 3.05) is 56.3 Å². The standard InChI is InChI=1S/C19H32N4OS/c1-3-24-13-5-4-10-21-19(20-2)22-16-17-6-8-18(9-7-17)23-11-14-25-15-12-23/h6-9H,3-5,10-16H2,1-2H3,(H2,20,21,22). The molecule has 1 heterocycles. The highest BCUT2D eigenvalue weighted by molar-refractivity contribution is 7.99. The molecular weight excluding hydrogens is 332 g/mol. The molecule has 2 rings (SSSR count). The lowest BCUT2D eigenvalue weighted by molar-refractivity contribution is 0.143. The first-order valence-electron chi connectivity index (χ1n) is 9.27. The first-order valence-corrected chi connectivity index (χ1v) is 10.4. The molecule has 1 aliphatic rings. The smallest absolute Gasteiger partial charge is 0.191 e. The van der Waals surface area contributed by atoms with Gasteiger partial charge in [-0.3, -0.25) is 4.99 Å². The summed E-state index contributed by atoms with van der Waals surface area (Å²) in [5.41, 5.74) is 2.61. The molecule has 5 nitrogen and oxygen atoms in total. The van der Waals surface area contributed by atoms with Gasteiger partial charge in [-0.15, -0.1) is 0 Å². The van der Waals surface area contributed by atoms with E-state index in [1.165, 1.54) is 22.8 Å². The van der Waals surface area contributed by atoms with Gasteiger partial charge in [0.1, 0.15) is 0 Å². The summed E-state index contributed by atoms with van der Waals surface area (Å²) in [5, 5.41) is 6.73. The Morgan fingerprint density at radius 3 is 2.60 bits per heavy atom. The maximum absolute atomic E-state index is 5.35. The zero-order valence-electron chi connectivity index (χ0n) is 15.6. The first kappa shape index (κ1) is 19.9. The largest absolute Gasteiger partial charge is 0.382 e. The van der Waals surface area contributed by atoms with Crippen LogP contribution in [0.25, 0.3) is 0 Å². The predicted molar refractivity (Wildman–Crippen MR) is 110 cm³/mol. The summed E-state index contributed by atoms with van der Waals surface area (Å²) in [5.74, 6) is 3.32. The Morgan fingerprint density at radius 2 is 1.92 bits per heavy atom. The van der Waals surface area contributed by atoms with Crippen molar-refractivity contribution < 1.29 is 4.74 Å². The summed E-state index contributed by atoms with van der Waals surface area (Å²) in [6, 6.07) is 8.88. The van der Waals surface area contributed by atoms with Gasteiger partial charge in [-0.05, 0) is 37.5 Å². The van der Waals surface area contributed by atoms with Gasteiger partial charge in [0.05, 0.1) is 0 Å². The van der Waals surface area contributed by atoms with Crippen LogP contribution in [0.5, 0.6) is 0 Å². The Bertz CT molecular complexity index is 501. The van der Waals surface area contributed by atoms with E-state index in [2.05, 4.69) is 44.8 Å². The molecule has 0 saturated carbocycles. The monoisotopic (exact) mass is 364 g/mol. The number of hydrogen-bond donors (Lipinski definition) is 2. The number of nitrogens with zero attached hydrogens (tertiary/aromatic N) is 2. The second-order valence-corrected chi connectivity index (χ2v) is 7.25. The number of benzene rings is 1. The molecule has 0 aromatic heterocycles. The van der Waals surface area contributed by atoms with Gasteiger partial charge in [0.15, 0.2) is 5.96 Å². The number of ether oxygens (including phenoxy) is 1. The van der Waals surface area contributed by atoms with E-state index >= 15 is 0 Å². The fraction of sp³-hybridized carbons (Fsp3) is 0.632. The molecule has 0 atom stereocenters. The molecule has 0 aliphatic carbocycles. The quantitative estimate of drug-likeness (QED) is 0.401. The van der Waals surface area contributed by atoms with Crippen LogP contribution < -0.4 is 15.5 Å². The van der Waals surface area contributed by atoms with Crippen LogP contribution in [0.2, 0.25) is 0 Å². The Kier molecular flexibility index (Phi) is 9.59. The van der Waals surface area contributed by atoms with Crippen LogP contribution >= 0.6 is 11.8 Å². The third-order valence-electron chi connectivity index (χ3n) is 4.21. The minimum absolute atomic E-state index is 0.786. The Morgan fingerprint density at radius 1 is 1.16 bits per heavy atom. The molecule has 0 radical (unpaired) electrons. The number of aliphatic imine (C=N–C) groups is 1. The van der Waals surface area contributed by atoms with Crippen LogP contribution in [-0.2, 0) is 11.3 Å². The molecule has 0 amide bonds. The zero-order valence-corrected chi connectivity index (χ0v) is 16.4. The molecule has 0 spiro atoms. The summed E-state index contributed by atoms with van der Waals surface area (Å²) in [6.07, 6.45) is 2.16. The lowest BCUT2D eigenvalue weighted by Crippen LogP contribution is -2.37. The SMILES string of the molecule is CCOCCCCNC(=NC)NCc1ccc(N2CCSCC2)cc1. The predicted octanol–water partition coefficient (Wildman–Crippen LogP) is 2.72. The van der Waals surface area contributed by atoms with Gasteiger partial charge in [0.2, 0.25) is 0 Å². The zero-order chi connectivity index (χ0) is 17.7. The lowest BCUT2D eigenvalue weighted by atomic mass is 10.2. The highest BCUT2D eigenvalue weighted by Crippen LogP contribution is 2.19. The van der Waals surface area contributed by atoms with Crippen molar-refractivity contribution in [3.8, 4) is 0 Å². The molecule has 1 aliphatic heterocycles. The Labute approximate surface area is 156 Å². The Hall–Kier alpha value is -1.40. The summed E-state index contributed by atoms with van der Waals surface area (Å²) < 4.78 is 5.35. The van der Waals surface area contributed by atoms with Crippen molar-refractivity contribution in [3.05, 3.63) is 29.8 Å². The van der Waals surface area contributed by atoms with Crippen LogP contribution in [0.15, 0.2) is 29.3 Å². The molecule has 0 unspecified atom stereocenters. The Balaban J connectivity index is 1.68. The summed E-state index contributed by atoms with van der Waals surface area (Å²) in [4.78, 5) is 6.75. The van der Waals surface area contributed by atoms with Crippen LogP contribution in [-0.4, -0.2) is 57.4 Å². The van der Waals surface area contributed by atoms with Crippen molar-refractivity contribution in [3.63, 3.8) is 0 Å². The summed E-state index contributed by atoms with van der Waals surface area (Å²) >= 11 is 2.04. The molecule has 0 bridgehead atoms. The second-order valence-electron chi connectivity index (χ2n) is 6.02. The number of nitrogens with one attached hydrogen (secondary N) is 2. The molecule has 1 aromatic rings. The minimum Gasteiger partial charge on any atom is -0.382 e. The normalized spacial score (nSPS) is 15.3. The molecule has 25 heavy (non-hydrogen) atoms. The number of unbranched alkanes of at least 4 members (excludes halogenated alkanes) is 1. The van der Waals surface area contributed by atoms with Gasteiger partial charge in [-0.2, -0.15) is 11.8 Å². The van der Waals surface area contributed by atoms with Gasteiger partial charge in [-0.1, -0.05) is 12.1 Å². The molecule has 2 N–H and O–H groups in total. The van der Waals surface area contributed by atoms with Crippen LogP contribution in [0.3, 0.4) is 0 Å². The van der Waals surface area contributed by atoms with Crippen molar-refractivity contribution in [2.45, 2.75) is 26.3 Å². The maximum atomic E-state index is 5.35. The van der Waals surface area contributed by atoms with Crippen molar-refractivity contribution in [1.29, 1.82) is 0 Å². The fourth-order valence-corrected chi connectivity index (χ4v) is 3.64. The number of thioether (sulfide) groups is 1. The van der Waals surface area contributed by atoms with Crippen molar-refractivity contribution in [1.82, 2.24) is 10.6 Å². The summed E-state index contributed by atoms with van der Waals surface area (Å²) in [6.45, 7) is 7.68. The minimum atomic E-state index is 0.786. The second kappa shape index (κ2) is 12.0. The number of anilines is 1. The van der Waals surface area contributed by atoms with E-state index in [9.17, 15) is 0 Å². The van der Waals surface area contributed by atoms with Crippen molar-refractivity contribution >= 4 is 23.4 Å². The van der Waals surface area contributed by atoms with E-state index in [-0.39, 0.29) is 0 Å². The molecule has 140 valence electrons. The number of rotatable bonds is 9. The molecule has 1 aromatic carbocycles. The number of hydrogen-bond acceptors (Lipinski definition) is 4. The van der Waals surface area contributed by atoms with Gasteiger partial charge < -0.3 is 20.3 Å². The first-order chi connectivity index (χ1) is 12.3. The van der Waals surface area contributed by atoms with E-state index in [1.54, 1.807) is 0 Å². The topological polar surface area (TPSA) is 48.9 Å². The third-order valence-corrected chi connectivity index (χ3v) is 5.15. The van der Waals surface area contributed by atoms with Crippen LogP contribution in [0.1, 0.15) is 25.3 Å². The van der Waals surface area contributed by atoms with E-state index < -0.39 is 0 Å². The van der Waals surface area contributed by atoms with E-state index in [0.29, 0.717) is 0 Å². The molecule has 1 fully saturated rings. The van der Waals surface area contributed by atoms with Gasteiger partial charge >= 0.3 is 0 Å². The van der Waals surface area contributed by atoms with Crippen LogP contribution in [0, 0.1) is 0 Å². The van der Waals surface area contributed by atoms with E-state index in [4.69, 9.17) is 4.74 Å². The maximum Gasteiger partial charge on any atom is 0.191 e. The van der Waals surface area contributed by atoms with Crippen LogP contribution in [0.4, 0.5) is 5.69 Å².